The van der Waals surface area contributed by atoms with Crippen LogP contribution >= 0.6 is 0 Å². The molecule has 1 nitrogen and oxygen atoms in total. The topological polar surface area (TPSA) is 17.1 Å². The zero-order chi connectivity index (χ0) is 16.5. The molecule has 0 bridgehead atoms. The molecule has 0 radical (unpaired) electrons. The molecule has 1 aliphatic rings. The SMILES string of the molecule is CCCCCc1ccc(C2CCC(C(=O)CCCC)CC2)cc1. The Morgan fingerprint density at radius 3 is 2.17 bits per heavy atom. The van der Waals surface area contributed by atoms with Gasteiger partial charge in [-0.05, 0) is 62.0 Å². The molecule has 1 aromatic carbocycles. The molecular formula is C22H34O. The number of carbonyl (C=O) groups is 1. The van der Waals surface area contributed by atoms with Gasteiger partial charge in [0.25, 0.3) is 0 Å². The minimum atomic E-state index is 0.353. The average molecular weight is 315 g/mol. The maximum absolute atomic E-state index is 12.2. The van der Waals surface area contributed by atoms with E-state index in [0.717, 1.165) is 32.1 Å². The summed E-state index contributed by atoms with van der Waals surface area (Å²) in [6, 6.07) is 9.32. The number of aryl methyl sites for hydroxylation is 1. The molecule has 0 aromatic heterocycles. The Kier molecular flexibility index (Phi) is 7.85. The third-order valence-corrected chi connectivity index (χ3v) is 5.48. The first-order valence-corrected chi connectivity index (χ1v) is 9.86. The zero-order valence-electron chi connectivity index (χ0n) is 15.2. The highest BCUT2D eigenvalue weighted by molar-refractivity contribution is 5.81. The summed E-state index contributed by atoms with van der Waals surface area (Å²) in [4.78, 5) is 12.2. The number of ketones is 1. The van der Waals surface area contributed by atoms with E-state index in [1.165, 1.54) is 49.7 Å². The molecule has 0 aliphatic heterocycles. The van der Waals surface area contributed by atoms with Gasteiger partial charge in [-0.25, -0.2) is 0 Å². The van der Waals surface area contributed by atoms with Crippen molar-refractivity contribution in [1.82, 2.24) is 0 Å². The summed E-state index contributed by atoms with van der Waals surface area (Å²) in [5.41, 5.74) is 2.97. The van der Waals surface area contributed by atoms with Crippen LogP contribution in [0.1, 0.15) is 95.1 Å². The van der Waals surface area contributed by atoms with Gasteiger partial charge in [0.05, 0.1) is 0 Å². The molecule has 1 fully saturated rings. The predicted molar refractivity (Wildman–Crippen MR) is 98.9 cm³/mol. The van der Waals surface area contributed by atoms with Crippen LogP contribution < -0.4 is 0 Å². The third kappa shape index (κ3) is 5.79. The van der Waals surface area contributed by atoms with Gasteiger partial charge in [-0.2, -0.15) is 0 Å². The molecule has 0 spiro atoms. The van der Waals surface area contributed by atoms with Crippen molar-refractivity contribution in [2.45, 2.75) is 90.4 Å². The molecule has 23 heavy (non-hydrogen) atoms. The van der Waals surface area contributed by atoms with Gasteiger partial charge in [-0.1, -0.05) is 57.4 Å². The molecule has 0 heterocycles. The fourth-order valence-corrected chi connectivity index (χ4v) is 3.84. The van der Waals surface area contributed by atoms with Crippen molar-refractivity contribution in [3.63, 3.8) is 0 Å². The number of benzene rings is 1. The lowest BCUT2D eigenvalue weighted by Gasteiger charge is -2.28. The Morgan fingerprint density at radius 2 is 1.57 bits per heavy atom. The Labute approximate surface area is 142 Å². The maximum atomic E-state index is 12.2. The number of rotatable bonds is 9. The quantitative estimate of drug-likeness (QED) is 0.478. The van der Waals surface area contributed by atoms with Crippen molar-refractivity contribution in [3.8, 4) is 0 Å². The van der Waals surface area contributed by atoms with Crippen LogP contribution in [0, 0.1) is 5.92 Å². The van der Waals surface area contributed by atoms with E-state index in [2.05, 4.69) is 38.1 Å². The first kappa shape index (κ1) is 18.2. The largest absolute Gasteiger partial charge is 0.299 e. The summed E-state index contributed by atoms with van der Waals surface area (Å²) in [6.07, 6.45) is 12.7. The molecule has 1 heteroatoms. The van der Waals surface area contributed by atoms with Crippen LogP contribution in [-0.2, 0) is 11.2 Å². The van der Waals surface area contributed by atoms with Crippen molar-refractivity contribution in [1.29, 1.82) is 0 Å². The molecule has 0 N–H and O–H groups in total. The van der Waals surface area contributed by atoms with Gasteiger partial charge >= 0.3 is 0 Å². The number of hydrogen-bond acceptors (Lipinski definition) is 1. The highest BCUT2D eigenvalue weighted by atomic mass is 16.1. The van der Waals surface area contributed by atoms with Gasteiger partial charge in [-0.15, -0.1) is 0 Å². The lowest BCUT2D eigenvalue weighted by molar-refractivity contribution is -0.124. The molecule has 128 valence electrons. The van der Waals surface area contributed by atoms with E-state index < -0.39 is 0 Å². The second kappa shape index (κ2) is 9.90. The summed E-state index contributed by atoms with van der Waals surface area (Å²) < 4.78 is 0. The van der Waals surface area contributed by atoms with Crippen LogP contribution in [0.5, 0.6) is 0 Å². The highest BCUT2D eigenvalue weighted by Gasteiger charge is 2.26. The molecule has 2 rings (SSSR count). The van der Waals surface area contributed by atoms with Crippen LogP contribution in [0.3, 0.4) is 0 Å². The predicted octanol–water partition coefficient (Wildman–Crippen LogP) is 6.45. The zero-order valence-corrected chi connectivity index (χ0v) is 15.2. The van der Waals surface area contributed by atoms with E-state index in [1.807, 2.05) is 0 Å². The molecule has 1 aliphatic carbocycles. The summed E-state index contributed by atoms with van der Waals surface area (Å²) in [5.74, 6) is 1.55. The van der Waals surface area contributed by atoms with E-state index >= 15 is 0 Å². The standard InChI is InChI=1S/C22H34O/c1-3-5-7-8-18-10-12-19(13-11-18)20-14-16-21(17-15-20)22(23)9-6-4-2/h10-13,20-21H,3-9,14-17H2,1-2H3. The van der Waals surface area contributed by atoms with E-state index in [4.69, 9.17) is 0 Å². The Bertz CT molecular complexity index is 451. The molecule has 0 saturated heterocycles. The van der Waals surface area contributed by atoms with Crippen molar-refractivity contribution < 1.29 is 4.79 Å². The highest BCUT2D eigenvalue weighted by Crippen LogP contribution is 2.36. The third-order valence-electron chi connectivity index (χ3n) is 5.48. The first-order chi connectivity index (χ1) is 11.2. The van der Waals surface area contributed by atoms with Gasteiger partial charge < -0.3 is 0 Å². The van der Waals surface area contributed by atoms with E-state index in [1.54, 1.807) is 0 Å². The van der Waals surface area contributed by atoms with E-state index in [9.17, 15) is 4.79 Å². The number of carbonyl (C=O) groups excluding carboxylic acids is 1. The smallest absolute Gasteiger partial charge is 0.135 e. The lowest BCUT2D eigenvalue weighted by atomic mass is 9.76. The minimum Gasteiger partial charge on any atom is -0.299 e. The summed E-state index contributed by atoms with van der Waals surface area (Å²) in [7, 11) is 0. The molecular weight excluding hydrogens is 280 g/mol. The molecule has 1 aromatic rings. The second-order valence-corrected chi connectivity index (χ2v) is 7.32. The monoisotopic (exact) mass is 314 g/mol. The normalized spacial score (nSPS) is 21.3. The molecule has 0 amide bonds. The number of hydrogen-bond donors (Lipinski definition) is 0. The lowest BCUT2D eigenvalue weighted by Crippen LogP contribution is -2.21. The Morgan fingerprint density at radius 1 is 0.913 bits per heavy atom. The van der Waals surface area contributed by atoms with Crippen molar-refractivity contribution >= 4 is 5.78 Å². The second-order valence-electron chi connectivity index (χ2n) is 7.32. The van der Waals surface area contributed by atoms with Gasteiger partial charge in [0.1, 0.15) is 5.78 Å². The number of Topliss-reactive ketones (excluding diaryl/α,β-unsaturated/α-hetero) is 1. The fourth-order valence-electron chi connectivity index (χ4n) is 3.84. The van der Waals surface area contributed by atoms with E-state index in [0.29, 0.717) is 17.6 Å². The van der Waals surface area contributed by atoms with Crippen molar-refractivity contribution in [3.05, 3.63) is 35.4 Å². The fraction of sp³-hybridized carbons (Fsp3) is 0.682. The van der Waals surface area contributed by atoms with Crippen LogP contribution in [-0.4, -0.2) is 5.78 Å². The van der Waals surface area contributed by atoms with E-state index in [-0.39, 0.29) is 0 Å². The van der Waals surface area contributed by atoms with Crippen LogP contribution in [0.15, 0.2) is 24.3 Å². The molecule has 0 atom stereocenters. The van der Waals surface area contributed by atoms with Gasteiger partial charge in [0.2, 0.25) is 0 Å². The Hall–Kier alpha value is -1.11. The van der Waals surface area contributed by atoms with Gasteiger partial charge in [0, 0.05) is 12.3 Å². The summed E-state index contributed by atoms with van der Waals surface area (Å²) in [5, 5.41) is 0. The van der Waals surface area contributed by atoms with Crippen molar-refractivity contribution in [2.24, 2.45) is 5.92 Å². The minimum absolute atomic E-state index is 0.353. The molecule has 0 unspecified atom stereocenters. The van der Waals surface area contributed by atoms with Gasteiger partial charge in [-0.3, -0.25) is 4.79 Å². The summed E-state index contributed by atoms with van der Waals surface area (Å²) in [6.45, 7) is 4.42. The summed E-state index contributed by atoms with van der Waals surface area (Å²) >= 11 is 0. The Balaban J connectivity index is 1.79. The van der Waals surface area contributed by atoms with Gasteiger partial charge in [0.15, 0.2) is 0 Å². The first-order valence-electron chi connectivity index (χ1n) is 9.86. The number of unbranched alkanes of at least 4 members (excludes halogenated alkanes) is 3. The maximum Gasteiger partial charge on any atom is 0.135 e. The van der Waals surface area contributed by atoms with Crippen LogP contribution in [0.25, 0.3) is 0 Å². The van der Waals surface area contributed by atoms with Crippen LogP contribution in [0.2, 0.25) is 0 Å². The average Bonchev–Trinajstić information content (AvgIpc) is 2.61. The van der Waals surface area contributed by atoms with Crippen molar-refractivity contribution in [2.75, 3.05) is 0 Å². The van der Waals surface area contributed by atoms with Crippen LogP contribution in [0.4, 0.5) is 0 Å². The molecule has 1 saturated carbocycles.